The second kappa shape index (κ2) is 7.21. The van der Waals surface area contributed by atoms with Gasteiger partial charge in [0, 0.05) is 26.0 Å². The second-order valence-corrected chi connectivity index (χ2v) is 4.71. The van der Waals surface area contributed by atoms with Gasteiger partial charge >= 0.3 is 0 Å². The number of ether oxygens (including phenoxy) is 1. The van der Waals surface area contributed by atoms with Gasteiger partial charge in [-0.25, -0.2) is 0 Å². The highest BCUT2D eigenvalue weighted by molar-refractivity contribution is 5.75. The molecule has 100 valence electrons. The molecule has 2 rings (SSSR count). The summed E-state index contributed by atoms with van der Waals surface area (Å²) < 4.78 is 10.8. The van der Waals surface area contributed by atoms with Crippen LogP contribution in [0.25, 0.3) is 0 Å². The van der Waals surface area contributed by atoms with Gasteiger partial charge < -0.3 is 14.5 Å². The van der Waals surface area contributed by atoms with Crippen LogP contribution in [-0.4, -0.2) is 25.2 Å². The molecule has 1 aliphatic heterocycles. The number of hydrogen-bond acceptors (Lipinski definition) is 3. The van der Waals surface area contributed by atoms with Crippen molar-refractivity contribution in [2.75, 3.05) is 13.2 Å². The van der Waals surface area contributed by atoms with Crippen LogP contribution in [-0.2, 0) is 16.0 Å². The van der Waals surface area contributed by atoms with Gasteiger partial charge in [-0.3, -0.25) is 4.79 Å². The van der Waals surface area contributed by atoms with Gasteiger partial charge in [0.15, 0.2) is 0 Å². The standard InChI is InChI=1S/C14H21NO3/c16-14(7-6-12-4-1-2-10-17-12)15-9-8-13-5-3-11-18-13/h3,5,11-12H,1-2,4,6-10H2,(H,15,16)/t12-/m1/s1. The van der Waals surface area contributed by atoms with E-state index in [4.69, 9.17) is 9.15 Å². The number of carbonyl (C=O) groups excluding carboxylic acids is 1. The van der Waals surface area contributed by atoms with Gasteiger partial charge in [0.2, 0.25) is 5.91 Å². The van der Waals surface area contributed by atoms with Crippen molar-refractivity contribution in [1.29, 1.82) is 0 Å². The third-order valence-corrected chi connectivity index (χ3v) is 3.24. The number of nitrogens with one attached hydrogen (secondary N) is 1. The Labute approximate surface area is 108 Å². The average Bonchev–Trinajstić information content (AvgIpc) is 2.91. The summed E-state index contributed by atoms with van der Waals surface area (Å²) in [4.78, 5) is 11.6. The maximum absolute atomic E-state index is 11.6. The Morgan fingerprint density at radius 1 is 1.44 bits per heavy atom. The molecule has 1 fully saturated rings. The van der Waals surface area contributed by atoms with Crippen molar-refractivity contribution in [3.63, 3.8) is 0 Å². The minimum absolute atomic E-state index is 0.107. The molecule has 1 amide bonds. The van der Waals surface area contributed by atoms with Crippen LogP contribution in [0, 0.1) is 0 Å². The predicted octanol–water partition coefficient (Wildman–Crippen LogP) is 2.29. The monoisotopic (exact) mass is 251 g/mol. The zero-order chi connectivity index (χ0) is 12.6. The molecule has 1 atom stereocenters. The molecule has 1 saturated heterocycles. The highest BCUT2D eigenvalue weighted by Gasteiger charge is 2.14. The number of hydrogen-bond donors (Lipinski definition) is 1. The first kappa shape index (κ1) is 13.1. The molecule has 0 aromatic carbocycles. The van der Waals surface area contributed by atoms with E-state index in [1.165, 1.54) is 6.42 Å². The molecule has 2 heterocycles. The first-order chi connectivity index (χ1) is 8.84. The zero-order valence-electron chi connectivity index (χ0n) is 10.7. The molecule has 0 aliphatic carbocycles. The van der Waals surface area contributed by atoms with Gasteiger partial charge in [-0.1, -0.05) is 0 Å². The summed E-state index contributed by atoms with van der Waals surface area (Å²) in [6.45, 7) is 1.49. The summed E-state index contributed by atoms with van der Waals surface area (Å²) in [5.41, 5.74) is 0. The van der Waals surface area contributed by atoms with Crippen LogP contribution < -0.4 is 5.32 Å². The minimum Gasteiger partial charge on any atom is -0.469 e. The fourth-order valence-electron chi connectivity index (χ4n) is 2.20. The smallest absolute Gasteiger partial charge is 0.220 e. The Bertz CT molecular complexity index is 342. The lowest BCUT2D eigenvalue weighted by atomic mass is 10.0. The highest BCUT2D eigenvalue weighted by atomic mass is 16.5. The van der Waals surface area contributed by atoms with Gasteiger partial charge in [0.1, 0.15) is 5.76 Å². The Morgan fingerprint density at radius 3 is 3.11 bits per heavy atom. The fourth-order valence-corrected chi connectivity index (χ4v) is 2.20. The molecule has 0 unspecified atom stereocenters. The van der Waals surface area contributed by atoms with Gasteiger partial charge in [-0.2, -0.15) is 0 Å². The maximum atomic E-state index is 11.6. The van der Waals surface area contributed by atoms with Crippen LogP contribution in [0.2, 0.25) is 0 Å². The van der Waals surface area contributed by atoms with E-state index < -0.39 is 0 Å². The van der Waals surface area contributed by atoms with E-state index in [0.717, 1.165) is 38.1 Å². The Morgan fingerprint density at radius 2 is 2.39 bits per heavy atom. The average molecular weight is 251 g/mol. The molecule has 18 heavy (non-hydrogen) atoms. The molecule has 1 aromatic heterocycles. The first-order valence-electron chi connectivity index (χ1n) is 6.75. The van der Waals surface area contributed by atoms with Crippen molar-refractivity contribution in [2.45, 2.75) is 44.6 Å². The lowest BCUT2D eigenvalue weighted by molar-refractivity contribution is -0.122. The lowest BCUT2D eigenvalue weighted by Crippen LogP contribution is -2.27. The molecule has 1 N–H and O–H groups in total. The van der Waals surface area contributed by atoms with E-state index in [2.05, 4.69) is 5.32 Å². The van der Waals surface area contributed by atoms with Crippen molar-refractivity contribution in [3.05, 3.63) is 24.2 Å². The largest absolute Gasteiger partial charge is 0.469 e. The van der Waals surface area contributed by atoms with E-state index in [1.807, 2.05) is 12.1 Å². The Hall–Kier alpha value is -1.29. The van der Waals surface area contributed by atoms with Crippen LogP contribution >= 0.6 is 0 Å². The number of amides is 1. The van der Waals surface area contributed by atoms with Crippen molar-refractivity contribution in [3.8, 4) is 0 Å². The van der Waals surface area contributed by atoms with Crippen LogP contribution in [0.4, 0.5) is 0 Å². The van der Waals surface area contributed by atoms with E-state index in [9.17, 15) is 4.79 Å². The van der Waals surface area contributed by atoms with Gasteiger partial charge in [0.25, 0.3) is 0 Å². The topological polar surface area (TPSA) is 51.5 Å². The van der Waals surface area contributed by atoms with Crippen molar-refractivity contribution >= 4 is 5.91 Å². The SMILES string of the molecule is O=C(CC[C@H]1CCCCO1)NCCc1ccco1. The first-order valence-corrected chi connectivity index (χ1v) is 6.75. The minimum atomic E-state index is 0.107. The predicted molar refractivity (Wildman–Crippen MR) is 68.2 cm³/mol. The maximum Gasteiger partial charge on any atom is 0.220 e. The van der Waals surface area contributed by atoms with Crippen molar-refractivity contribution in [1.82, 2.24) is 5.32 Å². The zero-order valence-corrected chi connectivity index (χ0v) is 10.7. The van der Waals surface area contributed by atoms with Gasteiger partial charge in [-0.05, 0) is 37.8 Å². The normalized spacial score (nSPS) is 19.7. The van der Waals surface area contributed by atoms with Crippen LogP contribution in [0.15, 0.2) is 22.8 Å². The summed E-state index contributed by atoms with van der Waals surface area (Å²) in [5, 5.41) is 2.91. The summed E-state index contributed by atoms with van der Waals surface area (Å²) >= 11 is 0. The molecule has 4 nitrogen and oxygen atoms in total. The lowest BCUT2D eigenvalue weighted by Gasteiger charge is -2.22. The molecule has 0 spiro atoms. The van der Waals surface area contributed by atoms with Gasteiger partial charge in [0.05, 0.1) is 12.4 Å². The van der Waals surface area contributed by atoms with Crippen molar-refractivity contribution in [2.24, 2.45) is 0 Å². The molecule has 0 saturated carbocycles. The van der Waals surface area contributed by atoms with E-state index in [1.54, 1.807) is 6.26 Å². The van der Waals surface area contributed by atoms with Crippen LogP contribution in [0.1, 0.15) is 37.9 Å². The molecule has 0 radical (unpaired) electrons. The number of carbonyl (C=O) groups is 1. The second-order valence-electron chi connectivity index (χ2n) is 4.71. The summed E-state index contributed by atoms with van der Waals surface area (Å²) in [5.74, 6) is 1.02. The molecule has 1 aromatic rings. The number of furan rings is 1. The molecular formula is C14H21NO3. The molecule has 0 bridgehead atoms. The molecule has 4 heteroatoms. The third kappa shape index (κ3) is 4.53. The van der Waals surface area contributed by atoms with E-state index in [-0.39, 0.29) is 12.0 Å². The van der Waals surface area contributed by atoms with Crippen LogP contribution in [0.5, 0.6) is 0 Å². The summed E-state index contributed by atoms with van der Waals surface area (Å²) in [6, 6.07) is 3.78. The van der Waals surface area contributed by atoms with Crippen molar-refractivity contribution < 1.29 is 13.9 Å². The molecular weight excluding hydrogens is 230 g/mol. The van der Waals surface area contributed by atoms with E-state index >= 15 is 0 Å². The third-order valence-electron chi connectivity index (χ3n) is 3.24. The summed E-state index contributed by atoms with van der Waals surface area (Å²) in [6.07, 6.45) is 7.57. The Kier molecular flexibility index (Phi) is 5.27. The summed E-state index contributed by atoms with van der Waals surface area (Å²) in [7, 11) is 0. The fraction of sp³-hybridized carbons (Fsp3) is 0.643. The Balaban J connectivity index is 1.54. The molecule has 1 aliphatic rings. The quantitative estimate of drug-likeness (QED) is 0.844. The van der Waals surface area contributed by atoms with E-state index in [0.29, 0.717) is 13.0 Å². The number of rotatable bonds is 6. The highest BCUT2D eigenvalue weighted by Crippen LogP contribution is 2.16. The van der Waals surface area contributed by atoms with Gasteiger partial charge in [-0.15, -0.1) is 0 Å². The van der Waals surface area contributed by atoms with Crippen LogP contribution in [0.3, 0.4) is 0 Å².